The van der Waals surface area contributed by atoms with Crippen molar-refractivity contribution in [3.05, 3.63) is 28.0 Å². The lowest BCUT2D eigenvalue weighted by Gasteiger charge is -2.21. The van der Waals surface area contributed by atoms with E-state index in [-0.39, 0.29) is 6.04 Å². The number of hydrogen-bond donors (Lipinski definition) is 1. The topological polar surface area (TPSA) is 43.8 Å². The summed E-state index contributed by atoms with van der Waals surface area (Å²) in [7, 11) is 0. The van der Waals surface area contributed by atoms with E-state index < -0.39 is 0 Å². The fourth-order valence-electron chi connectivity index (χ4n) is 2.40. The van der Waals surface area contributed by atoms with Crippen LogP contribution in [0.5, 0.6) is 0 Å². The minimum absolute atomic E-state index is 0.257. The van der Waals surface area contributed by atoms with E-state index in [2.05, 4.69) is 16.5 Å². The van der Waals surface area contributed by atoms with Crippen LogP contribution in [0.15, 0.2) is 12.1 Å². The summed E-state index contributed by atoms with van der Waals surface area (Å²) in [6.07, 6.45) is 1.94. The van der Waals surface area contributed by atoms with E-state index in [0.29, 0.717) is 0 Å². The van der Waals surface area contributed by atoms with E-state index in [1.165, 1.54) is 5.69 Å². The number of rotatable bonds is 1. The summed E-state index contributed by atoms with van der Waals surface area (Å²) in [6, 6.07) is 4.22. The fourth-order valence-corrected chi connectivity index (χ4v) is 3.45. The number of nitrogens with zero attached hydrogens (tertiary/aromatic N) is 2. The van der Waals surface area contributed by atoms with Crippen molar-refractivity contribution in [2.45, 2.75) is 32.4 Å². The van der Waals surface area contributed by atoms with Gasteiger partial charge in [0.25, 0.3) is 0 Å². The third-order valence-corrected chi connectivity index (χ3v) is 4.49. The predicted octanol–water partition coefficient (Wildman–Crippen LogP) is 2.85. The molecule has 0 fully saturated rings. The number of fused-ring (bicyclic) bond motifs is 1. The Bertz CT molecular complexity index is 558. The minimum atomic E-state index is 0.257. The molecule has 3 rings (SSSR count). The van der Waals surface area contributed by atoms with Gasteiger partial charge < -0.3 is 10.3 Å². The van der Waals surface area contributed by atoms with Gasteiger partial charge in [0.15, 0.2) is 0 Å². The largest absolute Gasteiger partial charge is 0.331 e. The van der Waals surface area contributed by atoms with Crippen LogP contribution in [0.2, 0.25) is 4.34 Å². The summed E-state index contributed by atoms with van der Waals surface area (Å²) in [6.45, 7) is 3.04. The van der Waals surface area contributed by atoms with Crippen LogP contribution in [0.1, 0.15) is 17.9 Å². The van der Waals surface area contributed by atoms with Crippen LogP contribution in [0, 0.1) is 6.92 Å². The highest BCUT2D eigenvalue weighted by Crippen LogP contribution is 2.34. The Morgan fingerprint density at radius 1 is 1.53 bits per heavy atom. The van der Waals surface area contributed by atoms with E-state index in [1.807, 2.05) is 12.1 Å². The van der Waals surface area contributed by atoms with Gasteiger partial charge in [-0.15, -0.1) is 11.3 Å². The monoisotopic (exact) mass is 267 g/mol. The smallest absolute Gasteiger partial charge is 0.106 e. The molecule has 1 atom stereocenters. The average Bonchev–Trinajstić information content (AvgIpc) is 2.83. The molecule has 0 aromatic carbocycles. The predicted molar refractivity (Wildman–Crippen MR) is 71.6 cm³/mol. The molecule has 0 saturated heterocycles. The van der Waals surface area contributed by atoms with Crippen molar-refractivity contribution < 1.29 is 0 Å². The zero-order chi connectivity index (χ0) is 12.0. The Morgan fingerprint density at radius 3 is 3.06 bits per heavy atom. The molecule has 0 spiro atoms. The van der Waals surface area contributed by atoms with Crippen LogP contribution in [0.4, 0.5) is 0 Å². The summed E-state index contributed by atoms with van der Waals surface area (Å²) in [4.78, 5) is 5.81. The van der Waals surface area contributed by atoms with Gasteiger partial charge in [0.2, 0.25) is 0 Å². The van der Waals surface area contributed by atoms with Gasteiger partial charge in [-0.2, -0.15) is 0 Å². The molecule has 3 nitrogen and oxygen atoms in total. The Balaban J connectivity index is 2.12. The first-order valence-electron chi connectivity index (χ1n) is 5.72. The molecule has 2 aromatic heterocycles. The third kappa shape index (κ3) is 1.90. The highest BCUT2D eigenvalue weighted by atomic mass is 35.5. The average molecular weight is 268 g/mol. The molecule has 0 radical (unpaired) electrons. The standard InChI is InChI=1S/C12H14ClN3S/c1-7-15-12(10-2-3-11(13)17-10)9-6-8(14)4-5-16(7)9/h2-3,8H,4-6,14H2,1H3. The lowest BCUT2D eigenvalue weighted by atomic mass is 10.0. The van der Waals surface area contributed by atoms with E-state index in [9.17, 15) is 0 Å². The van der Waals surface area contributed by atoms with Crippen molar-refractivity contribution in [3.8, 4) is 10.6 Å². The van der Waals surface area contributed by atoms with Gasteiger partial charge in [-0.25, -0.2) is 4.98 Å². The molecule has 0 amide bonds. The van der Waals surface area contributed by atoms with Crippen LogP contribution in [0.25, 0.3) is 10.6 Å². The van der Waals surface area contributed by atoms with Crippen molar-refractivity contribution in [1.82, 2.24) is 9.55 Å². The van der Waals surface area contributed by atoms with Crippen molar-refractivity contribution in [2.75, 3.05) is 0 Å². The van der Waals surface area contributed by atoms with Gasteiger partial charge >= 0.3 is 0 Å². The van der Waals surface area contributed by atoms with Crippen molar-refractivity contribution in [2.24, 2.45) is 5.73 Å². The SMILES string of the molecule is Cc1nc(-c2ccc(Cl)s2)c2n1CCC(N)C2. The summed E-state index contributed by atoms with van der Waals surface area (Å²) >= 11 is 7.57. The number of imidazole rings is 1. The normalized spacial score (nSPS) is 19.4. The molecular weight excluding hydrogens is 254 g/mol. The zero-order valence-electron chi connectivity index (χ0n) is 9.61. The molecule has 1 aliphatic rings. The number of nitrogens with two attached hydrogens (primary N) is 1. The molecule has 0 bridgehead atoms. The number of thiophene rings is 1. The molecule has 2 N–H and O–H groups in total. The van der Waals surface area contributed by atoms with Crippen LogP contribution in [0.3, 0.4) is 0 Å². The Morgan fingerprint density at radius 2 is 2.35 bits per heavy atom. The second-order valence-electron chi connectivity index (χ2n) is 4.46. The Labute approximate surface area is 109 Å². The number of aromatic nitrogens is 2. The molecule has 1 unspecified atom stereocenters. The molecular formula is C12H14ClN3S. The van der Waals surface area contributed by atoms with Crippen molar-refractivity contribution >= 4 is 22.9 Å². The lowest BCUT2D eigenvalue weighted by molar-refractivity contribution is 0.466. The van der Waals surface area contributed by atoms with Gasteiger partial charge in [-0.1, -0.05) is 11.6 Å². The number of aryl methyl sites for hydroxylation is 1. The van der Waals surface area contributed by atoms with Crippen LogP contribution in [-0.4, -0.2) is 15.6 Å². The molecule has 1 aliphatic heterocycles. The van der Waals surface area contributed by atoms with E-state index in [4.69, 9.17) is 17.3 Å². The van der Waals surface area contributed by atoms with Gasteiger partial charge in [0.1, 0.15) is 11.5 Å². The second kappa shape index (κ2) is 4.12. The lowest BCUT2D eigenvalue weighted by Crippen LogP contribution is -2.31. The maximum Gasteiger partial charge on any atom is 0.106 e. The molecule has 5 heteroatoms. The van der Waals surface area contributed by atoms with Gasteiger partial charge in [0, 0.05) is 24.7 Å². The molecule has 0 saturated carbocycles. The molecule has 0 aliphatic carbocycles. The summed E-state index contributed by atoms with van der Waals surface area (Å²) < 4.78 is 3.09. The Hall–Kier alpha value is -0.840. The maximum absolute atomic E-state index is 6.05. The third-order valence-electron chi connectivity index (χ3n) is 3.25. The van der Waals surface area contributed by atoms with Crippen LogP contribution in [-0.2, 0) is 13.0 Å². The van der Waals surface area contributed by atoms with Crippen molar-refractivity contribution in [1.29, 1.82) is 0 Å². The number of hydrogen-bond acceptors (Lipinski definition) is 3. The fraction of sp³-hybridized carbons (Fsp3) is 0.417. The quantitative estimate of drug-likeness (QED) is 0.863. The van der Waals surface area contributed by atoms with Crippen LogP contribution >= 0.6 is 22.9 Å². The van der Waals surface area contributed by atoms with Gasteiger partial charge in [-0.05, 0) is 25.5 Å². The summed E-state index contributed by atoms with van der Waals surface area (Å²) in [5.41, 5.74) is 8.38. The first kappa shape index (κ1) is 11.3. The first-order chi connectivity index (χ1) is 8.15. The van der Waals surface area contributed by atoms with Gasteiger partial charge in [0.05, 0.1) is 9.21 Å². The second-order valence-corrected chi connectivity index (χ2v) is 6.18. The first-order valence-corrected chi connectivity index (χ1v) is 6.92. The highest BCUT2D eigenvalue weighted by Gasteiger charge is 2.23. The molecule has 90 valence electrons. The minimum Gasteiger partial charge on any atom is -0.331 e. The molecule has 3 heterocycles. The maximum atomic E-state index is 6.05. The molecule has 2 aromatic rings. The zero-order valence-corrected chi connectivity index (χ0v) is 11.2. The summed E-state index contributed by atoms with van der Waals surface area (Å²) in [5.74, 6) is 1.08. The van der Waals surface area contributed by atoms with Crippen LogP contribution < -0.4 is 5.73 Å². The van der Waals surface area contributed by atoms with Crippen molar-refractivity contribution in [3.63, 3.8) is 0 Å². The number of halogens is 1. The van der Waals surface area contributed by atoms with E-state index in [0.717, 1.165) is 40.1 Å². The van der Waals surface area contributed by atoms with E-state index >= 15 is 0 Å². The highest BCUT2D eigenvalue weighted by molar-refractivity contribution is 7.19. The summed E-state index contributed by atoms with van der Waals surface area (Å²) in [5, 5.41) is 0. The van der Waals surface area contributed by atoms with E-state index in [1.54, 1.807) is 11.3 Å². The molecule has 17 heavy (non-hydrogen) atoms. The Kier molecular flexibility index (Phi) is 2.73. The van der Waals surface area contributed by atoms with Gasteiger partial charge in [-0.3, -0.25) is 0 Å².